The summed E-state index contributed by atoms with van der Waals surface area (Å²) in [5.41, 5.74) is 4.92. The topological polar surface area (TPSA) is 52.3 Å². The van der Waals surface area contributed by atoms with Crippen LogP contribution < -0.4 is 5.73 Å². The minimum Gasteiger partial charge on any atom is -0.443 e. The Labute approximate surface area is 78.6 Å². The molecule has 0 spiro atoms. The van der Waals surface area contributed by atoms with Gasteiger partial charge in [0.25, 0.3) is 0 Å². The van der Waals surface area contributed by atoms with E-state index in [1.165, 1.54) is 25.7 Å². The number of carbonyl (C=O) groups is 1. The highest BCUT2D eigenvalue weighted by atomic mass is 16.6. The number of hydrogen-bond acceptors (Lipinski definition) is 2. The quantitative estimate of drug-likeness (QED) is 0.677. The van der Waals surface area contributed by atoms with Gasteiger partial charge in [0.1, 0.15) is 5.60 Å². The number of hydrogen-bond donors (Lipinski definition) is 1. The molecule has 3 heteroatoms. The van der Waals surface area contributed by atoms with Crippen LogP contribution in [0.4, 0.5) is 4.79 Å². The Balaban J connectivity index is 2.05. The Bertz CT molecular complexity index is 205. The summed E-state index contributed by atoms with van der Waals surface area (Å²) in [6.45, 7) is 0. The maximum absolute atomic E-state index is 10.8. The molecule has 0 saturated heterocycles. The van der Waals surface area contributed by atoms with Crippen molar-refractivity contribution in [2.75, 3.05) is 0 Å². The second-order valence-corrected chi connectivity index (χ2v) is 4.46. The average molecular weight is 183 g/mol. The van der Waals surface area contributed by atoms with E-state index in [1.807, 2.05) is 0 Å². The van der Waals surface area contributed by atoms with Crippen molar-refractivity contribution in [1.82, 2.24) is 0 Å². The Morgan fingerprint density at radius 1 is 1.31 bits per heavy atom. The summed E-state index contributed by atoms with van der Waals surface area (Å²) in [5, 5.41) is 0. The highest BCUT2D eigenvalue weighted by Crippen LogP contribution is 2.44. The van der Waals surface area contributed by atoms with Crippen molar-refractivity contribution in [2.45, 2.75) is 50.5 Å². The third-order valence-electron chi connectivity index (χ3n) is 3.47. The number of amides is 1. The summed E-state index contributed by atoms with van der Waals surface area (Å²) >= 11 is 0. The Hall–Kier alpha value is -0.730. The van der Waals surface area contributed by atoms with E-state index in [0.717, 1.165) is 25.2 Å². The van der Waals surface area contributed by atoms with Gasteiger partial charge in [-0.1, -0.05) is 12.8 Å². The average Bonchev–Trinajstić information content (AvgIpc) is 2.02. The summed E-state index contributed by atoms with van der Waals surface area (Å²) in [7, 11) is 0. The fourth-order valence-electron chi connectivity index (χ4n) is 2.99. The van der Waals surface area contributed by atoms with Crippen molar-refractivity contribution in [1.29, 1.82) is 0 Å². The third kappa shape index (κ3) is 1.79. The van der Waals surface area contributed by atoms with E-state index in [1.54, 1.807) is 0 Å². The largest absolute Gasteiger partial charge is 0.443 e. The van der Waals surface area contributed by atoms with Crippen molar-refractivity contribution in [3.05, 3.63) is 0 Å². The fourth-order valence-corrected chi connectivity index (χ4v) is 2.99. The van der Waals surface area contributed by atoms with Gasteiger partial charge in [0.15, 0.2) is 0 Å². The summed E-state index contributed by atoms with van der Waals surface area (Å²) in [6, 6.07) is 0. The van der Waals surface area contributed by atoms with Gasteiger partial charge in [-0.3, -0.25) is 0 Å². The molecule has 13 heavy (non-hydrogen) atoms. The molecule has 1 amide bonds. The van der Waals surface area contributed by atoms with Gasteiger partial charge >= 0.3 is 6.09 Å². The van der Waals surface area contributed by atoms with Crippen molar-refractivity contribution in [3.8, 4) is 0 Å². The summed E-state index contributed by atoms with van der Waals surface area (Å²) in [4.78, 5) is 10.8. The zero-order valence-corrected chi connectivity index (χ0v) is 7.92. The van der Waals surface area contributed by atoms with Crippen LogP contribution in [0.5, 0.6) is 0 Å². The van der Waals surface area contributed by atoms with Crippen LogP contribution in [-0.2, 0) is 4.74 Å². The highest BCUT2D eigenvalue weighted by Gasteiger charge is 2.41. The number of primary amides is 1. The maximum atomic E-state index is 10.8. The molecule has 0 unspecified atom stereocenters. The highest BCUT2D eigenvalue weighted by molar-refractivity contribution is 5.65. The van der Waals surface area contributed by atoms with Crippen LogP contribution in [0, 0.1) is 5.92 Å². The lowest BCUT2D eigenvalue weighted by Crippen LogP contribution is -2.44. The maximum Gasteiger partial charge on any atom is 0.405 e. The van der Waals surface area contributed by atoms with Crippen molar-refractivity contribution in [2.24, 2.45) is 11.7 Å². The zero-order chi connectivity index (χ0) is 9.31. The molecule has 2 bridgehead atoms. The van der Waals surface area contributed by atoms with Crippen LogP contribution in [0.2, 0.25) is 0 Å². The second kappa shape index (κ2) is 3.20. The fraction of sp³-hybridized carbons (Fsp3) is 0.900. The molecular weight excluding hydrogens is 166 g/mol. The van der Waals surface area contributed by atoms with E-state index >= 15 is 0 Å². The molecule has 2 saturated carbocycles. The predicted molar refractivity (Wildman–Crippen MR) is 49.2 cm³/mol. The lowest BCUT2D eigenvalue weighted by Gasteiger charge is -2.43. The van der Waals surface area contributed by atoms with E-state index in [0.29, 0.717) is 0 Å². The minimum absolute atomic E-state index is 0.174. The SMILES string of the molecule is NC(=O)OC12CCCC(CCC1)C2. The smallest absolute Gasteiger partial charge is 0.405 e. The molecule has 0 heterocycles. The minimum atomic E-state index is -0.595. The normalized spacial score (nSPS) is 38.3. The molecule has 2 rings (SSSR count). The molecule has 0 radical (unpaired) electrons. The molecule has 0 atom stereocenters. The molecule has 3 nitrogen and oxygen atoms in total. The number of carbonyl (C=O) groups excluding carboxylic acids is 1. The van der Waals surface area contributed by atoms with Gasteiger partial charge in [0.05, 0.1) is 0 Å². The molecule has 74 valence electrons. The van der Waals surface area contributed by atoms with Gasteiger partial charge in [-0.15, -0.1) is 0 Å². The second-order valence-electron chi connectivity index (χ2n) is 4.46. The molecule has 0 aromatic rings. The van der Waals surface area contributed by atoms with Crippen LogP contribution in [0.1, 0.15) is 44.9 Å². The van der Waals surface area contributed by atoms with E-state index in [9.17, 15) is 4.79 Å². The standard InChI is InChI=1S/C10H17NO2/c11-9(12)13-10-5-1-3-8(7-10)4-2-6-10/h8H,1-7H2,(H2,11,12). The first kappa shape index (κ1) is 8.85. The molecule has 2 fully saturated rings. The van der Waals surface area contributed by atoms with E-state index in [2.05, 4.69) is 0 Å². The number of nitrogens with two attached hydrogens (primary N) is 1. The van der Waals surface area contributed by atoms with Crippen LogP contribution in [0.3, 0.4) is 0 Å². The van der Waals surface area contributed by atoms with Crippen LogP contribution >= 0.6 is 0 Å². The predicted octanol–water partition coefficient (Wildman–Crippen LogP) is 2.19. The Morgan fingerprint density at radius 3 is 2.46 bits per heavy atom. The van der Waals surface area contributed by atoms with Crippen LogP contribution in [0.25, 0.3) is 0 Å². The molecule has 2 N–H and O–H groups in total. The van der Waals surface area contributed by atoms with Gasteiger partial charge in [0, 0.05) is 0 Å². The van der Waals surface area contributed by atoms with E-state index < -0.39 is 6.09 Å². The molecular formula is C10H17NO2. The number of ether oxygens (including phenoxy) is 1. The first-order valence-electron chi connectivity index (χ1n) is 5.19. The molecule has 2 aliphatic carbocycles. The van der Waals surface area contributed by atoms with Gasteiger partial charge in [-0.25, -0.2) is 4.79 Å². The Morgan fingerprint density at radius 2 is 1.92 bits per heavy atom. The first-order chi connectivity index (χ1) is 6.20. The number of fused-ring (bicyclic) bond motifs is 2. The zero-order valence-electron chi connectivity index (χ0n) is 7.92. The van der Waals surface area contributed by atoms with Gasteiger partial charge in [0.2, 0.25) is 0 Å². The summed E-state index contributed by atoms with van der Waals surface area (Å²) in [6.07, 6.45) is 7.50. The first-order valence-corrected chi connectivity index (χ1v) is 5.19. The lowest BCUT2D eigenvalue weighted by atomic mass is 9.69. The lowest BCUT2D eigenvalue weighted by molar-refractivity contribution is -0.0547. The van der Waals surface area contributed by atoms with E-state index in [-0.39, 0.29) is 5.60 Å². The van der Waals surface area contributed by atoms with Crippen molar-refractivity contribution < 1.29 is 9.53 Å². The van der Waals surface area contributed by atoms with E-state index in [4.69, 9.17) is 10.5 Å². The van der Waals surface area contributed by atoms with Gasteiger partial charge < -0.3 is 10.5 Å². The third-order valence-corrected chi connectivity index (χ3v) is 3.47. The number of rotatable bonds is 1. The van der Waals surface area contributed by atoms with Crippen molar-refractivity contribution in [3.63, 3.8) is 0 Å². The summed E-state index contributed by atoms with van der Waals surface area (Å²) < 4.78 is 5.29. The molecule has 0 aliphatic heterocycles. The monoisotopic (exact) mass is 183 g/mol. The Kier molecular flexibility index (Phi) is 2.18. The van der Waals surface area contributed by atoms with Crippen LogP contribution in [0.15, 0.2) is 0 Å². The van der Waals surface area contributed by atoms with Crippen LogP contribution in [-0.4, -0.2) is 11.7 Å². The molecule has 2 aliphatic rings. The summed E-state index contributed by atoms with van der Waals surface area (Å²) in [5.74, 6) is 0.779. The molecule has 0 aromatic carbocycles. The van der Waals surface area contributed by atoms with Gasteiger partial charge in [-0.05, 0) is 38.0 Å². The van der Waals surface area contributed by atoms with Crippen molar-refractivity contribution >= 4 is 6.09 Å². The van der Waals surface area contributed by atoms with Gasteiger partial charge in [-0.2, -0.15) is 0 Å². The molecule has 0 aromatic heterocycles.